The number of aliphatic imine (C=N–C) groups is 1. The van der Waals surface area contributed by atoms with Gasteiger partial charge in [-0.1, -0.05) is 25.3 Å². The minimum Gasteiger partial charge on any atom is -0.331 e. The Morgan fingerprint density at radius 3 is 2.83 bits per heavy atom. The Hall–Kier alpha value is -4.16. The van der Waals surface area contributed by atoms with Gasteiger partial charge in [0.05, 0.1) is 40.8 Å². The van der Waals surface area contributed by atoms with E-state index in [9.17, 15) is 10.1 Å². The van der Waals surface area contributed by atoms with Crippen molar-refractivity contribution in [2.45, 2.75) is 57.3 Å². The fraction of sp³-hybridized carbons (Fsp3) is 0.333. The first-order chi connectivity index (χ1) is 17.6. The van der Waals surface area contributed by atoms with E-state index in [-0.39, 0.29) is 18.1 Å². The third-order valence-electron chi connectivity index (χ3n) is 7.37. The Bertz CT molecular complexity index is 1410. The first-order valence-electron chi connectivity index (χ1n) is 12.5. The molecule has 36 heavy (non-hydrogen) atoms. The molecule has 3 aromatic rings. The van der Waals surface area contributed by atoms with Gasteiger partial charge in [-0.3, -0.25) is 19.7 Å². The lowest BCUT2D eigenvalue weighted by molar-refractivity contribution is -0.127. The molecule has 1 unspecified atom stereocenters. The molecule has 9 heteroatoms. The van der Waals surface area contributed by atoms with Gasteiger partial charge in [0.2, 0.25) is 11.9 Å². The van der Waals surface area contributed by atoms with Crippen molar-refractivity contribution in [3.05, 3.63) is 66.1 Å². The number of piperazine rings is 1. The van der Waals surface area contributed by atoms with Crippen LogP contribution in [0, 0.1) is 11.3 Å². The number of fused-ring (bicyclic) bond motifs is 2. The van der Waals surface area contributed by atoms with Gasteiger partial charge in [-0.25, -0.2) is 4.99 Å². The molecule has 1 saturated heterocycles. The Balaban J connectivity index is 1.37. The van der Waals surface area contributed by atoms with E-state index in [0.717, 1.165) is 35.1 Å². The molecule has 2 atom stereocenters. The highest BCUT2D eigenvalue weighted by atomic mass is 16.2. The number of hydrogen-bond acceptors (Lipinski definition) is 7. The number of nitrogens with zero attached hydrogens (tertiary/aromatic N) is 5. The number of nitrogens with one attached hydrogen (secondary N) is 3. The van der Waals surface area contributed by atoms with Crippen molar-refractivity contribution in [3.63, 3.8) is 0 Å². The van der Waals surface area contributed by atoms with Gasteiger partial charge in [0, 0.05) is 23.3 Å². The van der Waals surface area contributed by atoms with E-state index in [1.807, 2.05) is 43.5 Å². The van der Waals surface area contributed by atoms with E-state index in [4.69, 9.17) is 4.99 Å². The Kier molecular flexibility index (Phi) is 5.66. The molecule has 1 saturated carbocycles. The average Bonchev–Trinajstić information content (AvgIpc) is 3.38. The molecule has 0 radical (unpaired) electrons. The second-order valence-corrected chi connectivity index (χ2v) is 9.61. The number of rotatable bonds is 3. The third kappa shape index (κ3) is 3.89. The number of benzene rings is 2. The fourth-order valence-corrected chi connectivity index (χ4v) is 5.61. The summed E-state index contributed by atoms with van der Waals surface area (Å²) < 4.78 is 0. The molecular formula is C27H28N8O. The van der Waals surface area contributed by atoms with E-state index < -0.39 is 0 Å². The van der Waals surface area contributed by atoms with Gasteiger partial charge in [-0.15, -0.1) is 0 Å². The van der Waals surface area contributed by atoms with Crippen LogP contribution in [0.5, 0.6) is 0 Å². The van der Waals surface area contributed by atoms with Gasteiger partial charge in [-0.2, -0.15) is 10.4 Å². The van der Waals surface area contributed by atoms with Crippen LogP contribution in [0.15, 0.2) is 65.6 Å². The number of aromatic amines is 1. The van der Waals surface area contributed by atoms with Crippen LogP contribution < -0.4 is 15.5 Å². The molecule has 3 N–H and O–H groups in total. The standard InChI is InChI=1S/C27H28N8O/c1-17-26(36)35(22-9-5-6-18(12-22)14-28)24-16-29-27(31-20-10-11-23-19(13-20)15-30-33-23)32-25(24)34(17)21-7-3-2-4-8-21/h5-6,9-13,15-17,21,25H,2-4,7-8H2,1H3,(H,30,33)(H2,29,31,32)/t17-,25?/m1/s1. The SMILES string of the molecule is C[C@@H]1C(=O)N(c2cccc(C#N)c2)C2=CNC(Nc3ccc4[nH]ncc4c3)=NC2N1C1CCCCC1. The van der Waals surface area contributed by atoms with Crippen molar-refractivity contribution in [1.29, 1.82) is 5.26 Å². The van der Waals surface area contributed by atoms with Crippen LogP contribution >= 0.6 is 0 Å². The van der Waals surface area contributed by atoms with E-state index in [1.54, 1.807) is 23.2 Å². The monoisotopic (exact) mass is 480 g/mol. The highest BCUT2D eigenvalue weighted by Gasteiger charge is 2.46. The van der Waals surface area contributed by atoms with Gasteiger partial charge < -0.3 is 10.6 Å². The van der Waals surface area contributed by atoms with Crippen LogP contribution in [0.2, 0.25) is 0 Å². The van der Waals surface area contributed by atoms with E-state index in [2.05, 4.69) is 31.8 Å². The zero-order valence-electron chi connectivity index (χ0n) is 20.1. The van der Waals surface area contributed by atoms with Crippen LogP contribution in [-0.2, 0) is 4.79 Å². The number of nitriles is 1. The Labute approximate surface area is 209 Å². The topological polar surface area (TPSA) is 112 Å². The van der Waals surface area contributed by atoms with E-state index in [0.29, 0.717) is 23.3 Å². The average molecular weight is 481 g/mol. The lowest BCUT2D eigenvalue weighted by Crippen LogP contribution is -2.64. The minimum absolute atomic E-state index is 0.00279. The zero-order chi connectivity index (χ0) is 24.6. The summed E-state index contributed by atoms with van der Waals surface area (Å²) in [7, 11) is 0. The minimum atomic E-state index is -0.341. The summed E-state index contributed by atoms with van der Waals surface area (Å²) in [6.07, 6.45) is 9.03. The molecule has 0 spiro atoms. The molecule has 3 aliphatic rings. The summed E-state index contributed by atoms with van der Waals surface area (Å²) in [5.74, 6) is 0.622. The first-order valence-corrected chi connectivity index (χ1v) is 12.5. The molecule has 1 aromatic heterocycles. The van der Waals surface area contributed by atoms with Gasteiger partial charge in [0.1, 0.15) is 6.17 Å². The van der Waals surface area contributed by atoms with Gasteiger partial charge in [0.25, 0.3) is 0 Å². The quantitative estimate of drug-likeness (QED) is 0.522. The van der Waals surface area contributed by atoms with E-state index in [1.165, 1.54) is 19.3 Å². The van der Waals surface area contributed by atoms with Gasteiger partial charge in [-0.05, 0) is 56.2 Å². The lowest BCUT2D eigenvalue weighted by Gasteiger charge is -2.49. The van der Waals surface area contributed by atoms with Crippen LogP contribution in [0.4, 0.5) is 11.4 Å². The molecule has 3 heterocycles. The molecule has 2 fully saturated rings. The summed E-state index contributed by atoms with van der Waals surface area (Å²) in [5, 5.41) is 24.2. The maximum Gasteiger partial charge on any atom is 0.248 e. The highest BCUT2D eigenvalue weighted by Crippen LogP contribution is 2.37. The molecule has 2 aromatic carbocycles. The van der Waals surface area contributed by atoms with Crippen molar-refractivity contribution < 1.29 is 4.79 Å². The number of amides is 1. The summed E-state index contributed by atoms with van der Waals surface area (Å²) >= 11 is 0. The van der Waals surface area contributed by atoms with Gasteiger partial charge >= 0.3 is 0 Å². The maximum atomic E-state index is 13.8. The van der Waals surface area contributed by atoms with Gasteiger partial charge in [0.15, 0.2) is 0 Å². The predicted octanol–water partition coefficient (Wildman–Crippen LogP) is 4.04. The number of aromatic nitrogens is 2. The molecule has 182 valence electrons. The molecule has 1 amide bonds. The number of carbonyl (C=O) groups excluding carboxylic acids is 1. The second kappa shape index (κ2) is 9.13. The summed E-state index contributed by atoms with van der Waals surface area (Å²) in [4.78, 5) is 22.9. The van der Waals surface area contributed by atoms with Crippen LogP contribution in [0.1, 0.15) is 44.6 Å². The predicted molar refractivity (Wildman–Crippen MR) is 139 cm³/mol. The molecule has 1 aliphatic carbocycles. The maximum absolute atomic E-state index is 13.8. The molecule has 0 bridgehead atoms. The third-order valence-corrected chi connectivity index (χ3v) is 7.37. The van der Waals surface area contributed by atoms with Crippen LogP contribution in [-0.4, -0.2) is 45.2 Å². The van der Waals surface area contributed by atoms with Crippen LogP contribution in [0.25, 0.3) is 10.9 Å². The molecular weight excluding hydrogens is 452 g/mol. The number of carbonyl (C=O) groups is 1. The second-order valence-electron chi connectivity index (χ2n) is 9.61. The molecule has 9 nitrogen and oxygen atoms in total. The summed E-state index contributed by atoms with van der Waals surface area (Å²) in [6.45, 7) is 1.98. The number of hydrogen-bond donors (Lipinski definition) is 3. The van der Waals surface area contributed by atoms with Crippen molar-refractivity contribution in [1.82, 2.24) is 20.4 Å². The van der Waals surface area contributed by atoms with E-state index >= 15 is 0 Å². The largest absolute Gasteiger partial charge is 0.331 e. The Morgan fingerprint density at radius 2 is 2.00 bits per heavy atom. The Morgan fingerprint density at radius 1 is 1.14 bits per heavy atom. The lowest BCUT2D eigenvalue weighted by atomic mass is 9.91. The van der Waals surface area contributed by atoms with Crippen LogP contribution in [0.3, 0.4) is 0 Å². The first kappa shape index (κ1) is 22.3. The highest BCUT2D eigenvalue weighted by molar-refractivity contribution is 6.03. The number of H-pyrrole nitrogens is 1. The normalized spacial score (nSPS) is 22.9. The molecule has 6 rings (SSSR count). The molecule has 2 aliphatic heterocycles. The zero-order valence-corrected chi connectivity index (χ0v) is 20.1. The number of guanidine groups is 1. The van der Waals surface area contributed by atoms with Crippen molar-refractivity contribution in [3.8, 4) is 6.07 Å². The van der Waals surface area contributed by atoms with Crippen molar-refractivity contribution in [2.75, 3.05) is 10.2 Å². The summed E-state index contributed by atoms with van der Waals surface area (Å²) in [5.41, 5.74) is 3.84. The number of anilines is 2. The summed E-state index contributed by atoms with van der Waals surface area (Å²) in [6, 6.07) is 15.3. The smallest absolute Gasteiger partial charge is 0.248 e. The van der Waals surface area contributed by atoms with Crippen molar-refractivity contribution in [2.24, 2.45) is 4.99 Å². The fourth-order valence-electron chi connectivity index (χ4n) is 5.61. The van der Waals surface area contributed by atoms with Crippen molar-refractivity contribution >= 4 is 34.1 Å².